The van der Waals surface area contributed by atoms with Crippen LogP contribution in [0.25, 0.3) is 0 Å². The van der Waals surface area contributed by atoms with E-state index in [1.165, 1.54) is 6.07 Å². The van der Waals surface area contributed by atoms with Gasteiger partial charge in [0.15, 0.2) is 0 Å². The lowest BCUT2D eigenvalue weighted by Gasteiger charge is -2.35. The molecule has 0 heterocycles. The molecule has 3 N–H and O–H groups in total. The molecular weight excluding hydrogens is 241 g/mol. The van der Waals surface area contributed by atoms with Crippen LogP contribution in [0.4, 0.5) is 4.39 Å². The number of benzene rings is 1. The molecule has 2 nitrogen and oxygen atoms in total. The molecule has 94 valence electrons. The van der Waals surface area contributed by atoms with Gasteiger partial charge in [0.2, 0.25) is 0 Å². The Hall–Kier alpha value is -0.640. The van der Waals surface area contributed by atoms with Crippen LogP contribution < -0.4 is 5.73 Å². The molecule has 0 bridgehead atoms. The zero-order chi connectivity index (χ0) is 12.5. The van der Waals surface area contributed by atoms with Crippen LogP contribution in [0.5, 0.6) is 0 Å². The molecule has 2 rings (SSSR count). The minimum absolute atomic E-state index is 0.0288. The predicted octanol–water partition coefficient (Wildman–Crippen LogP) is 2.65. The standard InChI is InChI=1S/C13H17ClFNO/c14-12-9(3-1-5-11(12)15)7-13(17)6-2-4-10(16)8-13/h1,3,5,10,17H,2,4,6-8,16H2. The van der Waals surface area contributed by atoms with E-state index in [0.29, 0.717) is 24.8 Å². The van der Waals surface area contributed by atoms with Crippen LogP contribution in [-0.4, -0.2) is 16.7 Å². The molecule has 1 saturated carbocycles. The fourth-order valence-electron chi connectivity index (χ4n) is 2.59. The summed E-state index contributed by atoms with van der Waals surface area (Å²) in [5.41, 5.74) is 5.68. The maximum absolute atomic E-state index is 13.3. The molecule has 1 fully saturated rings. The molecular formula is C13H17ClFNO. The first-order valence-electron chi connectivity index (χ1n) is 5.91. The topological polar surface area (TPSA) is 46.2 Å². The molecule has 0 saturated heterocycles. The first-order chi connectivity index (χ1) is 8.00. The third kappa shape index (κ3) is 2.97. The summed E-state index contributed by atoms with van der Waals surface area (Å²) in [5, 5.41) is 10.6. The van der Waals surface area contributed by atoms with Gasteiger partial charge in [-0.1, -0.05) is 23.7 Å². The molecule has 1 aromatic carbocycles. The third-order valence-electron chi connectivity index (χ3n) is 3.41. The predicted molar refractivity (Wildman–Crippen MR) is 66.5 cm³/mol. The van der Waals surface area contributed by atoms with Crippen molar-refractivity contribution in [1.82, 2.24) is 0 Å². The van der Waals surface area contributed by atoms with Gasteiger partial charge in [0.25, 0.3) is 0 Å². The fourth-order valence-corrected chi connectivity index (χ4v) is 2.78. The van der Waals surface area contributed by atoms with Gasteiger partial charge in [-0.05, 0) is 37.3 Å². The molecule has 1 aliphatic carbocycles. The summed E-state index contributed by atoms with van der Waals surface area (Å²) in [6.45, 7) is 0. The zero-order valence-electron chi connectivity index (χ0n) is 9.63. The Morgan fingerprint density at radius 2 is 2.29 bits per heavy atom. The van der Waals surface area contributed by atoms with Gasteiger partial charge in [-0.2, -0.15) is 0 Å². The second kappa shape index (κ2) is 4.92. The van der Waals surface area contributed by atoms with Crippen molar-refractivity contribution in [1.29, 1.82) is 0 Å². The SMILES string of the molecule is NC1CCCC(O)(Cc2cccc(F)c2Cl)C1. The van der Waals surface area contributed by atoms with Crippen molar-refractivity contribution in [3.8, 4) is 0 Å². The lowest BCUT2D eigenvalue weighted by Crippen LogP contribution is -2.42. The van der Waals surface area contributed by atoms with Crippen LogP contribution in [0, 0.1) is 5.82 Å². The number of rotatable bonds is 2. The fraction of sp³-hybridized carbons (Fsp3) is 0.538. The van der Waals surface area contributed by atoms with E-state index >= 15 is 0 Å². The van der Waals surface area contributed by atoms with E-state index in [1.54, 1.807) is 12.1 Å². The first kappa shape index (κ1) is 12.8. The van der Waals surface area contributed by atoms with Gasteiger partial charge in [0, 0.05) is 12.5 Å². The molecule has 0 radical (unpaired) electrons. The lowest BCUT2D eigenvalue weighted by molar-refractivity contribution is -0.00193. The summed E-state index contributed by atoms with van der Waals surface area (Å²) in [5.74, 6) is -0.437. The molecule has 2 atom stereocenters. The average molecular weight is 258 g/mol. The molecule has 0 aromatic heterocycles. The summed E-state index contributed by atoms with van der Waals surface area (Å²) < 4.78 is 13.3. The van der Waals surface area contributed by atoms with E-state index < -0.39 is 11.4 Å². The largest absolute Gasteiger partial charge is 0.389 e. The van der Waals surface area contributed by atoms with E-state index in [9.17, 15) is 9.50 Å². The molecule has 0 amide bonds. The molecule has 0 aliphatic heterocycles. The van der Waals surface area contributed by atoms with Crippen LogP contribution in [-0.2, 0) is 6.42 Å². The van der Waals surface area contributed by atoms with Crippen molar-refractivity contribution in [2.45, 2.75) is 43.7 Å². The number of nitrogens with two attached hydrogens (primary N) is 1. The van der Waals surface area contributed by atoms with Gasteiger partial charge >= 0.3 is 0 Å². The Morgan fingerprint density at radius 3 is 3.00 bits per heavy atom. The van der Waals surface area contributed by atoms with Gasteiger partial charge in [0.05, 0.1) is 10.6 Å². The van der Waals surface area contributed by atoms with Crippen molar-refractivity contribution in [3.63, 3.8) is 0 Å². The summed E-state index contributed by atoms with van der Waals surface area (Å²) in [6, 6.07) is 4.72. The summed E-state index contributed by atoms with van der Waals surface area (Å²) >= 11 is 5.89. The van der Waals surface area contributed by atoms with Crippen LogP contribution in [0.15, 0.2) is 18.2 Å². The van der Waals surface area contributed by atoms with Crippen molar-refractivity contribution in [2.24, 2.45) is 5.73 Å². The van der Waals surface area contributed by atoms with Gasteiger partial charge in [-0.15, -0.1) is 0 Å². The highest BCUT2D eigenvalue weighted by molar-refractivity contribution is 6.31. The van der Waals surface area contributed by atoms with Crippen molar-refractivity contribution >= 4 is 11.6 Å². The Kier molecular flexibility index (Phi) is 3.71. The van der Waals surface area contributed by atoms with Gasteiger partial charge < -0.3 is 10.8 Å². The van der Waals surface area contributed by atoms with Gasteiger partial charge in [0.1, 0.15) is 5.82 Å². The minimum atomic E-state index is -0.838. The summed E-state index contributed by atoms with van der Waals surface area (Å²) in [6.07, 6.45) is 3.48. The molecule has 4 heteroatoms. The van der Waals surface area contributed by atoms with Crippen LogP contribution in [0.1, 0.15) is 31.2 Å². The van der Waals surface area contributed by atoms with E-state index in [4.69, 9.17) is 17.3 Å². The first-order valence-corrected chi connectivity index (χ1v) is 6.29. The maximum atomic E-state index is 13.3. The summed E-state index contributed by atoms with van der Waals surface area (Å²) in [7, 11) is 0. The molecule has 17 heavy (non-hydrogen) atoms. The second-order valence-corrected chi connectivity index (χ2v) is 5.35. The second-order valence-electron chi connectivity index (χ2n) is 4.97. The monoisotopic (exact) mass is 257 g/mol. The Morgan fingerprint density at radius 1 is 1.53 bits per heavy atom. The van der Waals surface area contributed by atoms with Crippen LogP contribution in [0.3, 0.4) is 0 Å². The number of aliphatic hydroxyl groups is 1. The highest BCUT2D eigenvalue weighted by Crippen LogP contribution is 2.33. The number of halogens is 2. The van der Waals surface area contributed by atoms with Gasteiger partial charge in [-0.25, -0.2) is 4.39 Å². The summed E-state index contributed by atoms with van der Waals surface area (Å²) in [4.78, 5) is 0. The van der Waals surface area contributed by atoms with Gasteiger partial charge in [-0.3, -0.25) is 0 Å². The zero-order valence-corrected chi connectivity index (χ0v) is 10.4. The maximum Gasteiger partial charge on any atom is 0.142 e. The third-order valence-corrected chi connectivity index (χ3v) is 3.83. The van der Waals surface area contributed by atoms with Crippen molar-refractivity contribution < 1.29 is 9.50 Å². The number of hydrogen-bond donors (Lipinski definition) is 2. The average Bonchev–Trinajstić information content (AvgIpc) is 2.24. The van der Waals surface area contributed by atoms with E-state index in [1.807, 2.05) is 0 Å². The molecule has 0 spiro atoms. The van der Waals surface area contributed by atoms with Crippen LogP contribution >= 0.6 is 11.6 Å². The highest BCUT2D eigenvalue weighted by atomic mass is 35.5. The van der Waals surface area contributed by atoms with E-state index in [2.05, 4.69) is 0 Å². The Balaban J connectivity index is 2.17. The molecule has 2 unspecified atom stereocenters. The quantitative estimate of drug-likeness (QED) is 0.856. The van der Waals surface area contributed by atoms with Crippen molar-refractivity contribution in [3.05, 3.63) is 34.6 Å². The Labute approximate surface area is 106 Å². The molecule has 1 aliphatic rings. The number of hydrogen-bond acceptors (Lipinski definition) is 2. The van der Waals surface area contributed by atoms with Crippen LogP contribution in [0.2, 0.25) is 5.02 Å². The Bertz CT molecular complexity index is 412. The normalized spacial score (nSPS) is 29.3. The smallest absolute Gasteiger partial charge is 0.142 e. The van der Waals surface area contributed by atoms with E-state index in [-0.39, 0.29) is 11.1 Å². The minimum Gasteiger partial charge on any atom is -0.389 e. The lowest BCUT2D eigenvalue weighted by atomic mass is 9.78. The van der Waals surface area contributed by atoms with E-state index in [0.717, 1.165) is 12.8 Å². The molecule has 1 aromatic rings. The highest BCUT2D eigenvalue weighted by Gasteiger charge is 2.33. The van der Waals surface area contributed by atoms with Crippen molar-refractivity contribution in [2.75, 3.05) is 0 Å².